The Hall–Kier alpha value is -1.00. The van der Waals surface area contributed by atoms with Gasteiger partial charge in [-0.1, -0.05) is 13.0 Å². The predicted octanol–water partition coefficient (Wildman–Crippen LogP) is 2.30. The standard InChI is InChI=1S/C13H18O3S/c1-9-4-5-11(13(6-9)16-3)12(15)8-17-10(2)7-14/h4-6,10,14H,7-8H2,1-3H3. The lowest BCUT2D eigenvalue weighted by Crippen LogP contribution is -2.10. The molecule has 1 rings (SSSR count). The predicted molar refractivity (Wildman–Crippen MR) is 71.1 cm³/mol. The lowest BCUT2D eigenvalue weighted by molar-refractivity contribution is 0.101. The fourth-order valence-corrected chi connectivity index (χ4v) is 2.07. The molecule has 3 nitrogen and oxygen atoms in total. The van der Waals surface area contributed by atoms with E-state index in [0.717, 1.165) is 5.56 Å². The van der Waals surface area contributed by atoms with Crippen LogP contribution in [0.15, 0.2) is 18.2 Å². The Morgan fingerprint density at radius 3 is 2.82 bits per heavy atom. The van der Waals surface area contributed by atoms with Gasteiger partial charge < -0.3 is 9.84 Å². The highest BCUT2D eigenvalue weighted by Gasteiger charge is 2.13. The minimum atomic E-state index is 0.0344. The largest absolute Gasteiger partial charge is 0.496 e. The van der Waals surface area contributed by atoms with Crippen molar-refractivity contribution in [3.63, 3.8) is 0 Å². The maximum Gasteiger partial charge on any atom is 0.176 e. The SMILES string of the molecule is COc1cc(C)ccc1C(=O)CSC(C)CO. The number of aliphatic hydroxyl groups excluding tert-OH is 1. The van der Waals surface area contributed by atoms with E-state index in [-0.39, 0.29) is 17.6 Å². The smallest absolute Gasteiger partial charge is 0.176 e. The van der Waals surface area contributed by atoms with Crippen molar-refractivity contribution in [3.8, 4) is 5.75 Å². The molecule has 4 heteroatoms. The first-order chi connectivity index (χ1) is 8.08. The second kappa shape index (κ2) is 6.67. The summed E-state index contributed by atoms with van der Waals surface area (Å²) in [4.78, 5) is 12.0. The van der Waals surface area contributed by atoms with Crippen LogP contribution in [-0.4, -0.2) is 35.6 Å². The molecule has 0 aliphatic heterocycles. The number of hydrogen-bond acceptors (Lipinski definition) is 4. The molecule has 17 heavy (non-hydrogen) atoms. The molecule has 94 valence electrons. The van der Waals surface area contributed by atoms with Crippen LogP contribution in [0.25, 0.3) is 0 Å². The second-order valence-electron chi connectivity index (χ2n) is 3.93. The summed E-state index contributed by atoms with van der Waals surface area (Å²) in [5.41, 5.74) is 1.67. The normalized spacial score (nSPS) is 12.2. The molecule has 0 saturated carbocycles. The van der Waals surface area contributed by atoms with E-state index in [9.17, 15) is 4.79 Å². The number of carbonyl (C=O) groups is 1. The van der Waals surface area contributed by atoms with Crippen molar-refractivity contribution in [3.05, 3.63) is 29.3 Å². The number of ketones is 1. The van der Waals surface area contributed by atoms with E-state index in [1.165, 1.54) is 11.8 Å². The third kappa shape index (κ3) is 4.06. The summed E-state index contributed by atoms with van der Waals surface area (Å²) in [6.45, 7) is 3.94. The molecule has 0 fully saturated rings. The van der Waals surface area contributed by atoms with Crippen LogP contribution in [0.4, 0.5) is 0 Å². The average Bonchev–Trinajstić information content (AvgIpc) is 2.35. The first-order valence-electron chi connectivity index (χ1n) is 5.48. The number of hydrogen-bond donors (Lipinski definition) is 1. The molecular weight excluding hydrogens is 236 g/mol. The first-order valence-corrected chi connectivity index (χ1v) is 6.53. The summed E-state index contributed by atoms with van der Waals surface area (Å²) in [6.07, 6.45) is 0. The van der Waals surface area contributed by atoms with Crippen molar-refractivity contribution in [2.24, 2.45) is 0 Å². The maximum absolute atomic E-state index is 12.0. The second-order valence-corrected chi connectivity index (χ2v) is 5.36. The Labute approximate surface area is 106 Å². The third-order valence-corrected chi connectivity index (χ3v) is 3.56. The van der Waals surface area contributed by atoms with E-state index in [0.29, 0.717) is 17.1 Å². The molecule has 0 aromatic heterocycles. The van der Waals surface area contributed by atoms with Crippen molar-refractivity contribution in [2.75, 3.05) is 19.5 Å². The van der Waals surface area contributed by atoms with Gasteiger partial charge in [-0.2, -0.15) is 0 Å². The van der Waals surface area contributed by atoms with Gasteiger partial charge in [-0.15, -0.1) is 11.8 Å². The Morgan fingerprint density at radius 2 is 2.24 bits per heavy atom. The van der Waals surface area contributed by atoms with Gasteiger partial charge in [-0.3, -0.25) is 4.79 Å². The van der Waals surface area contributed by atoms with Crippen LogP contribution in [0.2, 0.25) is 0 Å². The summed E-state index contributed by atoms with van der Waals surface area (Å²) < 4.78 is 5.20. The van der Waals surface area contributed by atoms with Crippen molar-refractivity contribution in [2.45, 2.75) is 19.1 Å². The van der Waals surface area contributed by atoms with Crippen LogP contribution in [0.5, 0.6) is 5.75 Å². The molecule has 0 radical (unpaired) electrons. The van der Waals surface area contributed by atoms with E-state index in [4.69, 9.17) is 9.84 Å². The minimum absolute atomic E-state index is 0.0344. The van der Waals surface area contributed by atoms with Crippen molar-refractivity contribution < 1.29 is 14.6 Å². The van der Waals surface area contributed by atoms with Crippen molar-refractivity contribution >= 4 is 17.5 Å². The van der Waals surface area contributed by atoms with Gasteiger partial charge in [-0.05, 0) is 24.6 Å². The van der Waals surface area contributed by atoms with Crippen LogP contribution < -0.4 is 4.74 Å². The van der Waals surface area contributed by atoms with Crippen molar-refractivity contribution in [1.82, 2.24) is 0 Å². The molecule has 0 heterocycles. The molecule has 0 amide bonds. The fourth-order valence-electron chi connectivity index (χ4n) is 1.38. The Morgan fingerprint density at radius 1 is 1.53 bits per heavy atom. The van der Waals surface area contributed by atoms with Gasteiger partial charge in [0.1, 0.15) is 5.75 Å². The average molecular weight is 254 g/mol. The number of aryl methyl sites for hydroxylation is 1. The van der Waals surface area contributed by atoms with E-state index < -0.39 is 0 Å². The quantitative estimate of drug-likeness (QED) is 0.791. The maximum atomic E-state index is 12.0. The van der Waals surface area contributed by atoms with Crippen LogP contribution in [-0.2, 0) is 0 Å². The Kier molecular flexibility index (Phi) is 5.51. The number of carbonyl (C=O) groups excluding carboxylic acids is 1. The molecule has 0 saturated heterocycles. The van der Waals surface area contributed by atoms with Gasteiger partial charge in [-0.25, -0.2) is 0 Å². The van der Waals surface area contributed by atoms with Crippen molar-refractivity contribution in [1.29, 1.82) is 0 Å². The van der Waals surface area contributed by atoms with Crippen LogP contribution in [0.3, 0.4) is 0 Å². The molecule has 0 aliphatic rings. The van der Waals surface area contributed by atoms with Crippen LogP contribution >= 0.6 is 11.8 Å². The summed E-state index contributed by atoms with van der Waals surface area (Å²) in [6, 6.07) is 5.55. The van der Waals surface area contributed by atoms with Gasteiger partial charge >= 0.3 is 0 Å². The van der Waals surface area contributed by atoms with Gasteiger partial charge in [0.25, 0.3) is 0 Å². The van der Waals surface area contributed by atoms with Gasteiger partial charge in [0, 0.05) is 5.25 Å². The van der Waals surface area contributed by atoms with Crippen LogP contribution in [0, 0.1) is 6.92 Å². The summed E-state index contributed by atoms with van der Waals surface area (Å²) in [7, 11) is 1.56. The fraction of sp³-hybridized carbons (Fsp3) is 0.462. The molecule has 1 atom stereocenters. The van der Waals surface area contributed by atoms with Gasteiger partial charge in [0.05, 0.1) is 25.0 Å². The number of methoxy groups -OCH3 is 1. The number of aliphatic hydroxyl groups is 1. The molecule has 1 aromatic carbocycles. The molecule has 1 unspecified atom stereocenters. The summed E-state index contributed by atoms with van der Waals surface area (Å²) in [5, 5.41) is 8.98. The highest BCUT2D eigenvalue weighted by Crippen LogP contribution is 2.22. The molecule has 1 N–H and O–H groups in total. The van der Waals surface area contributed by atoms with E-state index >= 15 is 0 Å². The van der Waals surface area contributed by atoms with Gasteiger partial charge in [0.15, 0.2) is 5.78 Å². The monoisotopic (exact) mass is 254 g/mol. The van der Waals surface area contributed by atoms with E-state index in [1.54, 1.807) is 13.2 Å². The number of Topliss-reactive ketones (excluding diaryl/α,β-unsaturated/α-hetero) is 1. The lowest BCUT2D eigenvalue weighted by atomic mass is 10.1. The molecule has 0 spiro atoms. The topological polar surface area (TPSA) is 46.5 Å². The zero-order valence-electron chi connectivity index (χ0n) is 10.4. The van der Waals surface area contributed by atoms with E-state index in [1.807, 2.05) is 26.0 Å². The molecule has 0 bridgehead atoms. The zero-order valence-corrected chi connectivity index (χ0v) is 11.2. The molecule has 1 aromatic rings. The zero-order chi connectivity index (χ0) is 12.8. The number of benzene rings is 1. The van der Waals surface area contributed by atoms with E-state index in [2.05, 4.69) is 0 Å². The lowest BCUT2D eigenvalue weighted by Gasteiger charge is -2.10. The number of rotatable bonds is 6. The minimum Gasteiger partial charge on any atom is -0.496 e. The first kappa shape index (κ1) is 14.1. The van der Waals surface area contributed by atoms with Gasteiger partial charge in [0.2, 0.25) is 0 Å². The Bertz CT molecular complexity index is 390. The number of thioether (sulfide) groups is 1. The number of ether oxygens (including phenoxy) is 1. The van der Waals surface area contributed by atoms with Crippen LogP contribution in [0.1, 0.15) is 22.8 Å². The summed E-state index contributed by atoms with van der Waals surface area (Å²) in [5.74, 6) is 1.01. The highest BCUT2D eigenvalue weighted by molar-refractivity contribution is 8.00. The molecule has 0 aliphatic carbocycles. The summed E-state index contributed by atoms with van der Waals surface area (Å²) >= 11 is 1.45. The molecular formula is C13H18O3S. The Balaban J connectivity index is 2.75. The third-order valence-electron chi connectivity index (χ3n) is 2.41. The highest BCUT2D eigenvalue weighted by atomic mass is 32.2.